The van der Waals surface area contributed by atoms with Gasteiger partial charge in [-0.05, 0) is 31.7 Å². The highest BCUT2D eigenvalue weighted by Gasteiger charge is 2.37. The number of nitrogens with zero attached hydrogens (tertiary/aromatic N) is 2. The van der Waals surface area contributed by atoms with Crippen LogP contribution in [0.15, 0.2) is 0 Å². The Labute approximate surface area is 127 Å². The highest BCUT2D eigenvalue weighted by Crippen LogP contribution is 2.32. The van der Waals surface area contributed by atoms with E-state index in [0.717, 1.165) is 58.7 Å². The monoisotopic (exact) mass is 295 g/mol. The highest BCUT2D eigenvalue weighted by molar-refractivity contribution is 5.79. The molecule has 1 amide bonds. The van der Waals surface area contributed by atoms with Crippen LogP contribution in [0.3, 0.4) is 0 Å². The van der Waals surface area contributed by atoms with E-state index in [4.69, 9.17) is 10.5 Å². The summed E-state index contributed by atoms with van der Waals surface area (Å²) in [4.78, 5) is 17.4. The van der Waals surface area contributed by atoms with Gasteiger partial charge in [0.1, 0.15) is 0 Å². The van der Waals surface area contributed by atoms with Crippen LogP contribution >= 0.6 is 0 Å². The molecule has 2 saturated heterocycles. The van der Waals surface area contributed by atoms with Crippen molar-refractivity contribution in [2.75, 3.05) is 45.9 Å². The summed E-state index contributed by atoms with van der Waals surface area (Å²) in [7, 11) is 0. The Morgan fingerprint density at radius 3 is 2.62 bits per heavy atom. The number of rotatable bonds is 3. The maximum absolute atomic E-state index is 12.8. The van der Waals surface area contributed by atoms with Crippen LogP contribution in [0.25, 0.3) is 0 Å². The number of hydrogen-bond acceptors (Lipinski definition) is 4. The standard InChI is InChI=1S/C16H29N3O2/c17-11-13-3-1-2-4-15(13)16(20)19-6-5-14(12-19)18-7-9-21-10-8-18/h13-15H,1-12,17H2. The smallest absolute Gasteiger partial charge is 0.226 e. The van der Waals surface area contributed by atoms with Gasteiger partial charge in [0.25, 0.3) is 0 Å². The van der Waals surface area contributed by atoms with Gasteiger partial charge in [-0.25, -0.2) is 0 Å². The molecule has 21 heavy (non-hydrogen) atoms. The van der Waals surface area contributed by atoms with E-state index < -0.39 is 0 Å². The zero-order valence-electron chi connectivity index (χ0n) is 13.0. The molecule has 0 aromatic carbocycles. The van der Waals surface area contributed by atoms with Crippen LogP contribution in [-0.4, -0.2) is 67.7 Å². The van der Waals surface area contributed by atoms with Crippen LogP contribution in [0, 0.1) is 11.8 Å². The lowest BCUT2D eigenvalue weighted by atomic mass is 9.78. The number of likely N-dealkylation sites (tertiary alicyclic amines) is 1. The predicted molar refractivity (Wildman–Crippen MR) is 81.9 cm³/mol. The second-order valence-corrected chi connectivity index (χ2v) is 6.76. The van der Waals surface area contributed by atoms with Crippen molar-refractivity contribution >= 4 is 5.91 Å². The summed E-state index contributed by atoms with van der Waals surface area (Å²) in [5, 5.41) is 0. The molecule has 2 aliphatic heterocycles. The maximum atomic E-state index is 12.8. The van der Waals surface area contributed by atoms with Crippen LogP contribution in [0.2, 0.25) is 0 Å². The molecule has 0 aromatic rings. The first-order chi connectivity index (χ1) is 10.3. The first-order valence-corrected chi connectivity index (χ1v) is 8.60. The average molecular weight is 295 g/mol. The molecule has 1 aliphatic carbocycles. The SMILES string of the molecule is NCC1CCCCC1C(=O)N1CCC(N2CCOCC2)C1. The molecular weight excluding hydrogens is 266 g/mol. The molecule has 2 N–H and O–H groups in total. The molecule has 120 valence electrons. The second-order valence-electron chi connectivity index (χ2n) is 6.76. The lowest BCUT2D eigenvalue weighted by Crippen LogP contribution is -2.46. The predicted octanol–water partition coefficient (Wildman–Crippen LogP) is 0.685. The Morgan fingerprint density at radius 2 is 1.86 bits per heavy atom. The summed E-state index contributed by atoms with van der Waals surface area (Å²) in [6.45, 7) is 6.20. The molecule has 0 spiro atoms. The topological polar surface area (TPSA) is 58.8 Å². The third kappa shape index (κ3) is 3.41. The fourth-order valence-corrected chi connectivity index (χ4v) is 4.23. The average Bonchev–Trinajstić information content (AvgIpc) is 3.05. The van der Waals surface area contributed by atoms with Crippen molar-refractivity contribution in [2.45, 2.75) is 38.1 Å². The van der Waals surface area contributed by atoms with Crippen LogP contribution in [0.1, 0.15) is 32.1 Å². The number of amides is 1. The molecule has 1 saturated carbocycles. The summed E-state index contributed by atoms with van der Waals surface area (Å²) in [6, 6.07) is 0.540. The lowest BCUT2D eigenvalue weighted by molar-refractivity contribution is -0.137. The van der Waals surface area contributed by atoms with Gasteiger partial charge in [-0.15, -0.1) is 0 Å². The molecule has 0 aromatic heterocycles. The van der Waals surface area contributed by atoms with Crippen LogP contribution in [0.5, 0.6) is 0 Å². The maximum Gasteiger partial charge on any atom is 0.226 e. The Morgan fingerprint density at radius 1 is 1.10 bits per heavy atom. The zero-order chi connectivity index (χ0) is 14.7. The lowest BCUT2D eigenvalue weighted by Gasteiger charge is -2.34. The van der Waals surface area contributed by atoms with Crippen molar-refractivity contribution in [1.29, 1.82) is 0 Å². The van der Waals surface area contributed by atoms with Crippen molar-refractivity contribution in [2.24, 2.45) is 17.6 Å². The Balaban J connectivity index is 1.55. The molecule has 3 atom stereocenters. The van der Waals surface area contributed by atoms with Crippen molar-refractivity contribution in [3.05, 3.63) is 0 Å². The van der Waals surface area contributed by atoms with Crippen LogP contribution in [-0.2, 0) is 9.53 Å². The van der Waals surface area contributed by atoms with Crippen molar-refractivity contribution in [1.82, 2.24) is 9.80 Å². The summed E-state index contributed by atoms with van der Waals surface area (Å²) in [5.74, 6) is 0.974. The summed E-state index contributed by atoms with van der Waals surface area (Å²) < 4.78 is 5.42. The largest absolute Gasteiger partial charge is 0.379 e. The molecule has 3 aliphatic rings. The number of ether oxygens (including phenoxy) is 1. The summed E-state index contributed by atoms with van der Waals surface area (Å²) in [6.07, 6.45) is 5.72. The van der Waals surface area contributed by atoms with Gasteiger partial charge >= 0.3 is 0 Å². The van der Waals surface area contributed by atoms with E-state index in [-0.39, 0.29) is 5.92 Å². The number of carbonyl (C=O) groups excluding carboxylic acids is 1. The van der Waals surface area contributed by atoms with Crippen molar-refractivity contribution in [3.63, 3.8) is 0 Å². The summed E-state index contributed by atoms with van der Waals surface area (Å²) >= 11 is 0. The first-order valence-electron chi connectivity index (χ1n) is 8.60. The van der Waals surface area contributed by atoms with E-state index in [2.05, 4.69) is 9.80 Å². The van der Waals surface area contributed by atoms with Gasteiger partial charge in [-0.2, -0.15) is 0 Å². The first kappa shape index (κ1) is 15.3. The third-order valence-electron chi connectivity index (χ3n) is 5.57. The van der Waals surface area contributed by atoms with Crippen molar-refractivity contribution < 1.29 is 9.53 Å². The molecular formula is C16H29N3O2. The van der Waals surface area contributed by atoms with Crippen LogP contribution < -0.4 is 5.73 Å². The Bertz CT molecular complexity index is 357. The van der Waals surface area contributed by atoms with Crippen LogP contribution in [0.4, 0.5) is 0 Å². The number of carbonyl (C=O) groups is 1. The molecule has 5 heteroatoms. The second kappa shape index (κ2) is 7.07. The Kier molecular flexibility index (Phi) is 5.14. The van der Waals surface area contributed by atoms with E-state index in [1.807, 2.05) is 0 Å². The van der Waals surface area contributed by atoms with E-state index in [9.17, 15) is 4.79 Å². The molecule has 3 fully saturated rings. The van der Waals surface area contributed by atoms with Gasteiger partial charge in [-0.1, -0.05) is 12.8 Å². The summed E-state index contributed by atoms with van der Waals surface area (Å²) in [5.41, 5.74) is 5.88. The molecule has 2 heterocycles. The normalized spacial score (nSPS) is 35.1. The van der Waals surface area contributed by atoms with Gasteiger partial charge in [0, 0.05) is 38.1 Å². The zero-order valence-corrected chi connectivity index (χ0v) is 13.0. The molecule has 0 bridgehead atoms. The van der Waals surface area contributed by atoms with Crippen molar-refractivity contribution in [3.8, 4) is 0 Å². The highest BCUT2D eigenvalue weighted by atomic mass is 16.5. The minimum absolute atomic E-state index is 0.187. The van der Waals surface area contributed by atoms with E-state index >= 15 is 0 Å². The minimum Gasteiger partial charge on any atom is -0.379 e. The quantitative estimate of drug-likeness (QED) is 0.832. The molecule has 3 rings (SSSR count). The number of morpholine rings is 1. The molecule has 0 radical (unpaired) electrons. The van der Waals surface area contributed by atoms with E-state index in [0.29, 0.717) is 24.4 Å². The number of nitrogens with two attached hydrogens (primary N) is 1. The third-order valence-corrected chi connectivity index (χ3v) is 5.57. The fourth-order valence-electron chi connectivity index (χ4n) is 4.23. The fraction of sp³-hybridized carbons (Fsp3) is 0.938. The molecule has 3 unspecified atom stereocenters. The van der Waals surface area contributed by atoms with Gasteiger partial charge in [0.15, 0.2) is 0 Å². The number of hydrogen-bond donors (Lipinski definition) is 1. The minimum atomic E-state index is 0.187. The van der Waals surface area contributed by atoms with Gasteiger partial charge in [0.05, 0.1) is 13.2 Å². The van der Waals surface area contributed by atoms with E-state index in [1.165, 1.54) is 12.8 Å². The van der Waals surface area contributed by atoms with Gasteiger partial charge in [-0.3, -0.25) is 9.69 Å². The van der Waals surface area contributed by atoms with Gasteiger partial charge < -0.3 is 15.4 Å². The van der Waals surface area contributed by atoms with Gasteiger partial charge in [0.2, 0.25) is 5.91 Å². The Hall–Kier alpha value is -0.650. The van der Waals surface area contributed by atoms with E-state index in [1.54, 1.807) is 0 Å². The molecule has 5 nitrogen and oxygen atoms in total.